The Kier molecular flexibility index (Phi) is 40.7. The number of esters is 2. The number of carbonyl (C=O) groups excluding carboxylic acids is 2. The molecule has 0 heterocycles. The normalized spacial score (nSPS) is 13.4. The molecule has 0 aromatic rings. The SMILES string of the molecule is CCCCCCCCC(CCCCCC)COC(=O)CCCCCC(CCCCCC(=O)OCC(CCCCCC)CCCCCCCC)CCCOS(C)(=O)=O. The van der Waals surface area contributed by atoms with Crippen molar-refractivity contribution in [2.45, 2.75) is 259 Å². The molecule has 0 spiro atoms. The summed E-state index contributed by atoms with van der Waals surface area (Å²) in [6, 6.07) is 0. The molecule has 0 N–H and O–H groups in total. The average molecular weight is 829 g/mol. The molecule has 0 aromatic carbocycles. The molecule has 57 heavy (non-hydrogen) atoms. The monoisotopic (exact) mass is 829 g/mol. The summed E-state index contributed by atoms with van der Waals surface area (Å²) >= 11 is 0. The van der Waals surface area contributed by atoms with E-state index in [-0.39, 0.29) is 18.5 Å². The van der Waals surface area contributed by atoms with E-state index in [1.165, 1.54) is 154 Å². The highest BCUT2D eigenvalue weighted by Crippen LogP contribution is 2.25. The van der Waals surface area contributed by atoms with E-state index < -0.39 is 10.1 Å². The van der Waals surface area contributed by atoms with Gasteiger partial charge in [0.2, 0.25) is 0 Å². The number of rotatable bonds is 45. The van der Waals surface area contributed by atoms with E-state index in [2.05, 4.69) is 27.7 Å². The van der Waals surface area contributed by atoms with Crippen LogP contribution < -0.4 is 0 Å². The molecule has 8 heteroatoms. The second kappa shape index (κ2) is 41.6. The molecular formula is C49H96O7S. The maximum absolute atomic E-state index is 12.7. The van der Waals surface area contributed by atoms with Crippen molar-refractivity contribution in [2.24, 2.45) is 17.8 Å². The minimum absolute atomic E-state index is 0.0511. The van der Waals surface area contributed by atoms with E-state index >= 15 is 0 Å². The number of unbranched alkanes of at least 4 members (excludes halogenated alkanes) is 20. The predicted molar refractivity (Wildman–Crippen MR) is 242 cm³/mol. The van der Waals surface area contributed by atoms with E-state index in [1.807, 2.05) is 0 Å². The lowest BCUT2D eigenvalue weighted by Crippen LogP contribution is -2.14. The maximum Gasteiger partial charge on any atom is 0.305 e. The van der Waals surface area contributed by atoms with Gasteiger partial charge in [-0.05, 0) is 69.1 Å². The fourth-order valence-electron chi connectivity index (χ4n) is 8.11. The Balaban J connectivity index is 4.60. The molecule has 0 saturated carbocycles. The zero-order valence-electron chi connectivity index (χ0n) is 38.6. The second-order valence-electron chi connectivity index (χ2n) is 17.6. The molecule has 0 aliphatic rings. The van der Waals surface area contributed by atoms with Crippen LogP contribution in [0.5, 0.6) is 0 Å². The highest BCUT2D eigenvalue weighted by molar-refractivity contribution is 7.85. The lowest BCUT2D eigenvalue weighted by atomic mass is 9.90. The van der Waals surface area contributed by atoms with Crippen LogP contribution in [0.1, 0.15) is 259 Å². The second-order valence-corrected chi connectivity index (χ2v) is 19.3. The Hall–Kier alpha value is -1.15. The van der Waals surface area contributed by atoms with Crippen LogP contribution >= 0.6 is 0 Å². The Morgan fingerprint density at radius 3 is 1.02 bits per heavy atom. The predicted octanol–water partition coefficient (Wildman–Crippen LogP) is 15.0. The quantitative estimate of drug-likeness (QED) is 0.0343. The number of ether oxygens (including phenoxy) is 2. The highest BCUT2D eigenvalue weighted by atomic mass is 32.2. The summed E-state index contributed by atoms with van der Waals surface area (Å²) in [7, 11) is -3.43. The van der Waals surface area contributed by atoms with Crippen molar-refractivity contribution in [3.05, 3.63) is 0 Å². The Bertz CT molecular complexity index is 926. The van der Waals surface area contributed by atoms with E-state index in [4.69, 9.17) is 13.7 Å². The summed E-state index contributed by atoms with van der Waals surface area (Å²) in [5, 5.41) is 0. The molecule has 0 aromatic heterocycles. The molecule has 0 saturated heterocycles. The molecule has 7 nitrogen and oxygen atoms in total. The van der Waals surface area contributed by atoms with Crippen molar-refractivity contribution in [3.8, 4) is 0 Å². The van der Waals surface area contributed by atoms with Gasteiger partial charge in [-0.1, -0.05) is 195 Å². The molecule has 0 fully saturated rings. The van der Waals surface area contributed by atoms with Crippen molar-refractivity contribution in [1.82, 2.24) is 0 Å². The van der Waals surface area contributed by atoms with Gasteiger partial charge in [-0.15, -0.1) is 0 Å². The molecule has 0 amide bonds. The number of carbonyl (C=O) groups is 2. The summed E-state index contributed by atoms with van der Waals surface area (Å²) in [4.78, 5) is 25.4. The largest absolute Gasteiger partial charge is 0.465 e. The third-order valence-corrected chi connectivity index (χ3v) is 12.5. The van der Waals surface area contributed by atoms with Gasteiger partial charge in [0.15, 0.2) is 0 Å². The Morgan fingerprint density at radius 2 is 0.667 bits per heavy atom. The van der Waals surface area contributed by atoms with Crippen LogP contribution in [0.3, 0.4) is 0 Å². The van der Waals surface area contributed by atoms with Crippen LogP contribution in [0.15, 0.2) is 0 Å². The summed E-state index contributed by atoms with van der Waals surface area (Å²) < 4.78 is 39.6. The van der Waals surface area contributed by atoms with Crippen molar-refractivity contribution < 1.29 is 31.7 Å². The smallest absolute Gasteiger partial charge is 0.305 e. The zero-order valence-corrected chi connectivity index (χ0v) is 39.4. The summed E-state index contributed by atoms with van der Waals surface area (Å²) in [6.45, 7) is 10.4. The molecule has 0 aliphatic heterocycles. The van der Waals surface area contributed by atoms with Crippen molar-refractivity contribution in [1.29, 1.82) is 0 Å². The van der Waals surface area contributed by atoms with Crippen LogP contribution in [-0.2, 0) is 33.4 Å². The summed E-state index contributed by atoms with van der Waals surface area (Å²) in [5.74, 6) is 1.37. The van der Waals surface area contributed by atoms with Crippen molar-refractivity contribution in [3.63, 3.8) is 0 Å². The van der Waals surface area contributed by atoms with Gasteiger partial charge in [0.25, 0.3) is 10.1 Å². The molecule has 2 atom stereocenters. The van der Waals surface area contributed by atoms with Crippen molar-refractivity contribution >= 4 is 22.1 Å². The van der Waals surface area contributed by atoms with Crippen LogP contribution in [-0.4, -0.2) is 46.4 Å². The lowest BCUT2D eigenvalue weighted by Gasteiger charge is -2.18. The van der Waals surface area contributed by atoms with E-state index in [1.54, 1.807) is 0 Å². The first-order valence-electron chi connectivity index (χ1n) is 24.8. The molecule has 0 bridgehead atoms. The fraction of sp³-hybridized carbons (Fsp3) is 0.959. The first-order valence-corrected chi connectivity index (χ1v) is 26.6. The van der Waals surface area contributed by atoms with Crippen molar-refractivity contribution in [2.75, 3.05) is 26.1 Å². The maximum atomic E-state index is 12.7. The average Bonchev–Trinajstić information content (AvgIpc) is 3.18. The standard InChI is InChI=1S/C49H96O7S/c1-6-10-14-18-20-26-37-46(35-24-16-12-8-3)43-54-48(50)40-30-22-28-33-45(39-32-42-56-57(5,52)53)34-29-23-31-41-49(51)55-44-47(36-25-17-13-9-4)38-27-21-19-15-11-7-2/h45-47H,6-44H2,1-5H3. The van der Waals surface area contributed by atoms with Gasteiger partial charge in [0.1, 0.15) is 0 Å². The Labute approximate surface area is 355 Å². The first-order chi connectivity index (χ1) is 27.6. The van der Waals surface area contributed by atoms with Gasteiger partial charge >= 0.3 is 11.9 Å². The summed E-state index contributed by atoms with van der Waals surface area (Å²) in [6.07, 6.45) is 42.0. The Morgan fingerprint density at radius 1 is 0.386 bits per heavy atom. The van der Waals surface area contributed by atoms with Crippen LogP contribution in [0, 0.1) is 17.8 Å². The third-order valence-electron chi connectivity index (χ3n) is 11.9. The van der Waals surface area contributed by atoms with Crippen LogP contribution in [0.2, 0.25) is 0 Å². The molecule has 340 valence electrons. The molecule has 2 unspecified atom stereocenters. The first kappa shape index (κ1) is 55.9. The minimum atomic E-state index is -3.43. The topological polar surface area (TPSA) is 96.0 Å². The molecular weight excluding hydrogens is 733 g/mol. The van der Waals surface area contributed by atoms with Gasteiger partial charge in [-0.25, -0.2) is 0 Å². The lowest BCUT2D eigenvalue weighted by molar-refractivity contribution is -0.146. The number of hydrogen-bond acceptors (Lipinski definition) is 7. The molecule has 0 aliphatic carbocycles. The van der Waals surface area contributed by atoms with Gasteiger partial charge in [0.05, 0.1) is 26.1 Å². The fourth-order valence-corrected chi connectivity index (χ4v) is 8.53. The van der Waals surface area contributed by atoms with E-state index in [9.17, 15) is 18.0 Å². The van der Waals surface area contributed by atoms with Gasteiger partial charge in [-0.3, -0.25) is 13.8 Å². The third kappa shape index (κ3) is 41.4. The van der Waals surface area contributed by atoms with Crippen LogP contribution in [0.25, 0.3) is 0 Å². The summed E-state index contributed by atoms with van der Waals surface area (Å²) in [5.41, 5.74) is 0. The van der Waals surface area contributed by atoms with Crippen LogP contribution in [0.4, 0.5) is 0 Å². The molecule has 0 rings (SSSR count). The van der Waals surface area contributed by atoms with Gasteiger partial charge < -0.3 is 9.47 Å². The van der Waals surface area contributed by atoms with E-state index in [0.29, 0.717) is 50.2 Å². The zero-order chi connectivity index (χ0) is 42.1. The highest BCUT2D eigenvalue weighted by Gasteiger charge is 2.15. The van der Waals surface area contributed by atoms with E-state index in [0.717, 1.165) is 64.0 Å². The van der Waals surface area contributed by atoms with Gasteiger partial charge in [-0.2, -0.15) is 8.42 Å². The molecule has 0 radical (unpaired) electrons. The number of hydrogen-bond donors (Lipinski definition) is 0. The minimum Gasteiger partial charge on any atom is -0.465 e. The van der Waals surface area contributed by atoms with Gasteiger partial charge in [0, 0.05) is 12.8 Å².